The van der Waals surface area contributed by atoms with Crippen LogP contribution in [-0.4, -0.2) is 59.7 Å². The number of rotatable bonds is 5. The number of benzene rings is 1. The number of nitrogens with one attached hydrogen (secondary N) is 1. The molecular formula is C21H29N5O4S. The fourth-order valence-electron chi connectivity index (χ4n) is 4.35. The Morgan fingerprint density at radius 3 is 2.65 bits per heavy atom. The lowest BCUT2D eigenvalue weighted by Crippen LogP contribution is -2.31. The molecule has 0 bridgehead atoms. The molecule has 2 aliphatic heterocycles. The summed E-state index contributed by atoms with van der Waals surface area (Å²) in [6, 6.07) is 4.97. The van der Waals surface area contributed by atoms with Crippen molar-refractivity contribution in [2.75, 3.05) is 31.6 Å². The maximum absolute atomic E-state index is 13.5. The zero-order valence-electron chi connectivity index (χ0n) is 18.2. The zero-order valence-corrected chi connectivity index (χ0v) is 19.0. The number of anilines is 1. The average Bonchev–Trinajstić information content (AvgIpc) is 3.37. The molecule has 2 saturated heterocycles. The molecule has 2 aliphatic rings. The smallest absolute Gasteiger partial charge is 0.245 e. The Morgan fingerprint density at radius 1 is 1.19 bits per heavy atom. The summed E-state index contributed by atoms with van der Waals surface area (Å²) < 4.78 is 35.8. The molecule has 10 heteroatoms. The summed E-state index contributed by atoms with van der Waals surface area (Å²) in [5, 5.41) is 7.26. The topological polar surface area (TPSA) is 106 Å². The van der Waals surface area contributed by atoms with E-state index in [-0.39, 0.29) is 22.8 Å². The lowest BCUT2D eigenvalue weighted by atomic mass is 9.99. The fraction of sp³-hybridized carbons (Fsp3) is 0.571. The van der Waals surface area contributed by atoms with Gasteiger partial charge in [0, 0.05) is 39.1 Å². The van der Waals surface area contributed by atoms with Gasteiger partial charge in [-0.25, -0.2) is 18.1 Å². The third-order valence-corrected chi connectivity index (χ3v) is 7.79. The minimum atomic E-state index is -3.77. The largest absolute Gasteiger partial charge is 0.381 e. The zero-order chi connectivity index (χ0) is 22.2. The maximum Gasteiger partial charge on any atom is 0.245 e. The monoisotopic (exact) mass is 447 g/mol. The molecule has 4 rings (SSSR count). The van der Waals surface area contributed by atoms with Crippen molar-refractivity contribution in [2.24, 2.45) is 0 Å². The van der Waals surface area contributed by atoms with Crippen LogP contribution in [-0.2, 0) is 19.6 Å². The fourth-order valence-corrected chi connectivity index (χ4v) is 6.08. The molecule has 0 aliphatic carbocycles. The second kappa shape index (κ2) is 8.68. The van der Waals surface area contributed by atoms with E-state index in [1.54, 1.807) is 18.2 Å². The van der Waals surface area contributed by atoms with Crippen molar-refractivity contribution in [1.29, 1.82) is 0 Å². The van der Waals surface area contributed by atoms with Crippen molar-refractivity contribution < 1.29 is 17.9 Å². The molecule has 0 radical (unpaired) electrons. The number of carbonyl (C=O) groups is 1. The highest BCUT2D eigenvalue weighted by molar-refractivity contribution is 7.89. The van der Waals surface area contributed by atoms with Crippen LogP contribution in [0.25, 0.3) is 0 Å². The summed E-state index contributed by atoms with van der Waals surface area (Å²) in [6.07, 6.45) is 2.46. The predicted octanol–water partition coefficient (Wildman–Crippen LogP) is 2.38. The van der Waals surface area contributed by atoms with Gasteiger partial charge in [0.05, 0.1) is 11.7 Å². The van der Waals surface area contributed by atoms with E-state index >= 15 is 0 Å². The Hall–Kier alpha value is -2.30. The number of aromatic nitrogens is 3. The van der Waals surface area contributed by atoms with E-state index in [1.807, 2.05) is 18.5 Å². The minimum absolute atomic E-state index is 0.0668. The first-order valence-corrected chi connectivity index (χ1v) is 12.1. The molecule has 168 valence electrons. The van der Waals surface area contributed by atoms with E-state index in [9.17, 15) is 13.2 Å². The Kier molecular flexibility index (Phi) is 6.14. The first kappa shape index (κ1) is 21.9. The Morgan fingerprint density at radius 2 is 1.94 bits per heavy atom. The predicted molar refractivity (Wildman–Crippen MR) is 115 cm³/mol. The molecule has 2 aromatic rings. The van der Waals surface area contributed by atoms with Crippen molar-refractivity contribution in [1.82, 2.24) is 19.1 Å². The molecular weight excluding hydrogens is 418 g/mol. The number of aryl methyl sites for hydroxylation is 2. The summed E-state index contributed by atoms with van der Waals surface area (Å²) in [7, 11) is -3.77. The second-order valence-electron chi connectivity index (χ2n) is 8.33. The average molecular weight is 448 g/mol. The van der Waals surface area contributed by atoms with Crippen LogP contribution in [0.3, 0.4) is 0 Å². The van der Waals surface area contributed by atoms with Gasteiger partial charge in [-0.05, 0) is 50.8 Å². The molecule has 0 saturated carbocycles. The van der Waals surface area contributed by atoms with Crippen LogP contribution in [0.1, 0.15) is 55.4 Å². The molecule has 1 N–H and O–H groups in total. The molecule has 9 nitrogen and oxygen atoms in total. The van der Waals surface area contributed by atoms with Gasteiger partial charge in [-0.2, -0.15) is 9.40 Å². The lowest BCUT2D eigenvalue weighted by molar-refractivity contribution is -0.114. The van der Waals surface area contributed by atoms with Crippen molar-refractivity contribution >= 4 is 21.6 Å². The van der Waals surface area contributed by atoms with Gasteiger partial charge in [-0.1, -0.05) is 6.07 Å². The molecule has 1 aromatic carbocycles. The van der Waals surface area contributed by atoms with Gasteiger partial charge < -0.3 is 10.1 Å². The van der Waals surface area contributed by atoms with Crippen LogP contribution in [0.2, 0.25) is 0 Å². The van der Waals surface area contributed by atoms with Crippen molar-refractivity contribution in [3.63, 3.8) is 0 Å². The summed E-state index contributed by atoms with van der Waals surface area (Å²) in [6.45, 7) is 7.22. The molecule has 1 unspecified atom stereocenters. The summed E-state index contributed by atoms with van der Waals surface area (Å²) in [4.78, 5) is 16.4. The Balaban J connectivity index is 1.60. The SMILES string of the molecule is CC(=O)Nc1ccc(C)cc1S(=O)(=O)N1CCC(n2nc(C)nc2C2CCOCC2)C1. The molecule has 0 spiro atoms. The van der Waals surface area contributed by atoms with E-state index in [0.717, 1.165) is 24.2 Å². The van der Waals surface area contributed by atoms with Gasteiger partial charge in [0.2, 0.25) is 15.9 Å². The van der Waals surface area contributed by atoms with Crippen LogP contribution in [0.4, 0.5) is 5.69 Å². The number of ether oxygens (including phenoxy) is 1. The molecule has 1 amide bonds. The van der Waals surface area contributed by atoms with Crippen LogP contribution >= 0.6 is 0 Å². The van der Waals surface area contributed by atoms with Crippen molar-refractivity contribution in [3.05, 3.63) is 35.4 Å². The van der Waals surface area contributed by atoms with Crippen molar-refractivity contribution in [3.8, 4) is 0 Å². The standard InChI is InChI=1S/C21H29N5O4S/c1-14-4-5-19(23-16(3)27)20(12-14)31(28,29)25-9-6-18(13-25)26-21(22-15(2)24-26)17-7-10-30-11-8-17/h4-5,12,17-18H,6-11,13H2,1-3H3,(H,23,27). The molecule has 31 heavy (non-hydrogen) atoms. The molecule has 1 aromatic heterocycles. The molecule has 2 fully saturated rings. The van der Waals surface area contributed by atoms with Crippen molar-refractivity contribution in [2.45, 2.75) is 56.9 Å². The normalized spacial score (nSPS) is 20.8. The van der Waals surface area contributed by atoms with Crippen LogP contribution in [0.15, 0.2) is 23.1 Å². The van der Waals surface area contributed by atoms with E-state index in [2.05, 4.69) is 15.4 Å². The van der Waals surface area contributed by atoms with Gasteiger partial charge in [-0.3, -0.25) is 4.79 Å². The van der Waals surface area contributed by atoms with E-state index in [1.165, 1.54) is 11.2 Å². The van der Waals surface area contributed by atoms with Crippen LogP contribution in [0.5, 0.6) is 0 Å². The quantitative estimate of drug-likeness (QED) is 0.754. The third kappa shape index (κ3) is 4.51. The van der Waals surface area contributed by atoms with E-state index < -0.39 is 10.0 Å². The van der Waals surface area contributed by atoms with Crippen LogP contribution in [0, 0.1) is 13.8 Å². The first-order chi connectivity index (χ1) is 14.8. The highest BCUT2D eigenvalue weighted by Gasteiger charge is 2.37. The lowest BCUT2D eigenvalue weighted by Gasteiger charge is -2.24. The molecule has 3 heterocycles. The van der Waals surface area contributed by atoms with Gasteiger partial charge in [0.15, 0.2) is 0 Å². The van der Waals surface area contributed by atoms with Gasteiger partial charge >= 0.3 is 0 Å². The summed E-state index contributed by atoms with van der Waals surface area (Å²) >= 11 is 0. The summed E-state index contributed by atoms with van der Waals surface area (Å²) in [5.74, 6) is 1.61. The third-order valence-electron chi connectivity index (χ3n) is 5.89. The second-order valence-corrected chi connectivity index (χ2v) is 10.2. The van der Waals surface area contributed by atoms with E-state index in [0.29, 0.717) is 44.2 Å². The minimum Gasteiger partial charge on any atom is -0.381 e. The molecule has 1 atom stereocenters. The summed E-state index contributed by atoms with van der Waals surface area (Å²) in [5.41, 5.74) is 1.12. The highest BCUT2D eigenvalue weighted by Crippen LogP contribution is 2.34. The Labute approximate surface area is 182 Å². The number of carbonyl (C=O) groups excluding carboxylic acids is 1. The maximum atomic E-state index is 13.5. The van der Waals surface area contributed by atoms with Gasteiger partial charge in [0.1, 0.15) is 16.5 Å². The number of nitrogens with zero attached hydrogens (tertiary/aromatic N) is 4. The Bertz CT molecular complexity index is 1080. The van der Waals surface area contributed by atoms with Crippen LogP contribution < -0.4 is 5.32 Å². The number of hydrogen-bond acceptors (Lipinski definition) is 6. The number of sulfonamides is 1. The van der Waals surface area contributed by atoms with E-state index in [4.69, 9.17) is 4.74 Å². The number of amides is 1. The highest BCUT2D eigenvalue weighted by atomic mass is 32.2. The number of hydrogen-bond donors (Lipinski definition) is 1. The van der Waals surface area contributed by atoms with Gasteiger partial charge in [-0.15, -0.1) is 0 Å². The van der Waals surface area contributed by atoms with Gasteiger partial charge in [0.25, 0.3) is 0 Å². The first-order valence-electron chi connectivity index (χ1n) is 10.6.